The van der Waals surface area contributed by atoms with Crippen molar-refractivity contribution >= 4 is 41.4 Å². The highest BCUT2D eigenvalue weighted by molar-refractivity contribution is 14.0. The molecule has 0 radical (unpaired) electrons. The lowest BCUT2D eigenvalue weighted by Crippen LogP contribution is -2.44. The van der Waals surface area contributed by atoms with Crippen LogP contribution in [0, 0.1) is 0 Å². The minimum Gasteiger partial charge on any atom is -0.495 e. The van der Waals surface area contributed by atoms with Crippen LogP contribution in [-0.4, -0.2) is 70.0 Å². The Bertz CT molecular complexity index is 927. The highest BCUT2D eigenvalue weighted by atomic mass is 127. The van der Waals surface area contributed by atoms with Crippen LogP contribution in [0.25, 0.3) is 0 Å². The number of halogens is 1. The zero-order valence-corrected chi connectivity index (χ0v) is 22.0. The molecule has 2 aliphatic heterocycles. The fourth-order valence-electron chi connectivity index (χ4n) is 4.33. The number of ether oxygens (including phenoxy) is 2. The van der Waals surface area contributed by atoms with Crippen LogP contribution in [0.2, 0.25) is 0 Å². The smallest absolute Gasteiger partial charge is 0.191 e. The largest absolute Gasteiger partial charge is 0.495 e. The topological polar surface area (TPSA) is 74.2 Å². The van der Waals surface area contributed by atoms with Crippen LogP contribution in [0.15, 0.2) is 47.6 Å². The van der Waals surface area contributed by atoms with Gasteiger partial charge in [-0.3, -0.25) is 4.99 Å². The van der Waals surface area contributed by atoms with Gasteiger partial charge in [0.25, 0.3) is 0 Å². The minimum atomic E-state index is 0. The number of pyridine rings is 1. The first-order valence-electron chi connectivity index (χ1n) is 11.3. The number of benzene rings is 1. The minimum absolute atomic E-state index is 0. The van der Waals surface area contributed by atoms with Gasteiger partial charge in [0, 0.05) is 52.0 Å². The summed E-state index contributed by atoms with van der Waals surface area (Å²) in [4.78, 5) is 13.6. The number of guanidine groups is 1. The SMILES string of the molecule is CN=C(NCc1ccnc(N2CCOC(C)C2)c1)NC1CCN(c2ccccc2OC)C1.I. The van der Waals surface area contributed by atoms with Crippen molar-refractivity contribution in [2.24, 2.45) is 4.99 Å². The van der Waals surface area contributed by atoms with Gasteiger partial charge < -0.3 is 29.9 Å². The van der Waals surface area contributed by atoms with E-state index in [0.29, 0.717) is 12.6 Å². The van der Waals surface area contributed by atoms with Crippen LogP contribution in [0.5, 0.6) is 5.75 Å². The van der Waals surface area contributed by atoms with Crippen molar-refractivity contribution in [3.8, 4) is 5.75 Å². The van der Waals surface area contributed by atoms with Gasteiger partial charge in [-0.1, -0.05) is 12.1 Å². The van der Waals surface area contributed by atoms with Gasteiger partial charge in [0.2, 0.25) is 0 Å². The van der Waals surface area contributed by atoms with Gasteiger partial charge in [0.15, 0.2) is 5.96 Å². The first-order valence-corrected chi connectivity index (χ1v) is 11.3. The number of anilines is 2. The molecule has 9 heteroatoms. The quantitative estimate of drug-likeness (QED) is 0.317. The van der Waals surface area contributed by atoms with Crippen molar-refractivity contribution in [2.75, 3.05) is 56.7 Å². The van der Waals surface area contributed by atoms with Gasteiger partial charge in [-0.2, -0.15) is 0 Å². The number of para-hydroxylation sites is 2. The van der Waals surface area contributed by atoms with Crippen LogP contribution in [-0.2, 0) is 11.3 Å². The van der Waals surface area contributed by atoms with E-state index in [4.69, 9.17) is 9.47 Å². The number of aliphatic imine (C=N–C) groups is 1. The second-order valence-electron chi connectivity index (χ2n) is 8.32. The molecule has 0 bridgehead atoms. The molecule has 0 aliphatic carbocycles. The number of methoxy groups -OCH3 is 1. The zero-order chi connectivity index (χ0) is 22.3. The van der Waals surface area contributed by atoms with E-state index < -0.39 is 0 Å². The molecule has 2 aliphatic rings. The van der Waals surface area contributed by atoms with E-state index in [1.807, 2.05) is 31.4 Å². The fraction of sp³-hybridized carbons (Fsp3) is 0.500. The van der Waals surface area contributed by atoms with Gasteiger partial charge in [-0.25, -0.2) is 4.98 Å². The van der Waals surface area contributed by atoms with E-state index in [-0.39, 0.29) is 30.1 Å². The van der Waals surface area contributed by atoms with E-state index in [9.17, 15) is 0 Å². The Balaban J connectivity index is 0.00000306. The molecule has 2 N–H and O–H groups in total. The van der Waals surface area contributed by atoms with E-state index in [1.165, 1.54) is 5.56 Å². The summed E-state index contributed by atoms with van der Waals surface area (Å²) in [7, 11) is 3.54. The standard InChI is InChI=1S/C24H34N6O2.HI/c1-18-16-30(12-13-32-18)23-14-19(8-10-26-23)15-27-24(25-2)28-20-9-11-29(17-20)21-6-4-5-7-22(21)31-3;/h4-8,10,14,18,20H,9,11-13,15-17H2,1-3H3,(H2,25,27,28);1H. The molecule has 2 saturated heterocycles. The summed E-state index contributed by atoms with van der Waals surface area (Å²) in [6.45, 7) is 7.19. The summed E-state index contributed by atoms with van der Waals surface area (Å²) < 4.78 is 11.2. The van der Waals surface area contributed by atoms with E-state index in [2.05, 4.69) is 55.5 Å². The molecule has 33 heavy (non-hydrogen) atoms. The van der Waals surface area contributed by atoms with Crippen molar-refractivity contribution in [3.05, 3.63) is 48.2 Å². The first-order chi connectivity index (χ1) is 15.7. The van der Waals surface area contributed by atoms with Crippen molar-refractivity contribution in [1.82, 2.24) is 15.6 Å². The zero-order valence-electron chi connectivity index (χ0n) is 19.7. The maximum Gasteiger partial charge on any atom is 0.191 e. The van der Waals surface area contributed by atoms with Crippen LogP contribution in [0.1, 0.15) is 18.9 Å². The molecule has 1 aromatic carbocycles. The monoisotopic (exact) mass is 566 g/mol. The highest BCUT2D eigenvalue weighted by Crippen LogP contribution is 2.30. The molecule has 2 aromatic rings. The average Bonchev–Trinajstić information content (AvgIpc) is 3.30. The number of rotatable bonds is 6. The second-order valence-corrected chi connectivity index (χ2v) is 8.32. The third kappa shape index (κ3) is 6.63. The number of hydrogen-bond acceptors (Lipinski definition) is 6. The van der Waals surface area contributed by atoms with E-state index in [1.54, 1.807) is 7.11 Å². The van der Waals surface area contributed by atoms with Crippen LogP contribution in [0.3, 0.4) is 0 Å². The average molecular weight is 566 g/mol. The fourth-order valence-corrected chi connectivity index (χ4v) is 4.33. The van der Waals surface area contributed by atoms with Crippen LogP contribution < -0.4 is 25.2 Å². The molecule has 2 fully saturated rings. The number of nitrogens with one attached hydrogen (secondary N) is 2. The normalized spacial score (nSPS) is 20.9. The predicted octanol–water partition coefficient (Wildman–Crippen LogP) is 2.88. The maximum atomic E-state index is 5.65. The number of hydrogen-bond donors (Lipinski definition) is 2. The summed E-state index contributed by atoms with van der Waals surface area (Å²) in [6.07, 6.45) is 3.16. The Morgan fingerprint density at radius 2 is 2.06 bits per heavy atom. The maximum absolute atomic E-state index is 5.65. The van der Waals surface area contributed by atoms with Crippen molar-refractivity contribution in [1.29, 1.82) is 0 Å². The van der Waals surface area contributed by atoms with Gasteiger partial charge in [-0.15, -0.1) is 24.0 Å². The second kappa shape index (κ2) is 12.3. The molecule has 2 atom stereocenters. The summed E-state index contributed by atoms with van der Waals surface area (Å²) >= 11 is 0. The number of nitrogens with zero attached hydrogens (tertiary/aromatic N) is 4. The Morgan fingerprint density at radius 1 is 1.21 bits per heavy atom. The molecule has 3 heterocycles. The Hall–Kier alpha value is -2.27. The van der Waals surface area contributed by atoms with E-state index >= 15 is 0 Å². The Labute approximate surface area is 213 Å². The first kappa shape index (κ1) is 25.4. The van der Waals surface area contributed by atoms with Gasteiger partial charge in [0.1, 0.15) is 11.6 Å². The lowest BCUT2D eigenvalue weighted by molar-refractivity contribution is 0.0529. The number of morpholine rings is 1. The number of aromatic nitrogens is 1. The summed E-state index contributed by atoms with van der Waals surface area (Å²) in [6, 6.07) is 12.7. The third-order valence-electron chi connectivity index (χ3n) is 6.01. The molecule has 180 valence electrons. The van der Waals surface area contributed by atoms with Crippen molar-refractivity contribution in [3.63, 3.8) is 0 Å². The van der Waals surface area contributed by atoms with Crippen LogP contribution >= 0.6 is 24.0 Å². The Kier molecular flexibility index (Phi) is 9.42. The molecule has 2 unspecified atom stereocenters. The molecular weight excluding hydrogens is 531 g/mol. The molecule has 0 saturated carbocycles. The molecule has 0 spiro atoms. The Morgan fingerprint density at radius 3 is 2.85 bits per heavy atom. The molecule has 1 aromatic heterocycles. The summed E-state index contributed by atoms with van der Waals surface area (Å²) in [5, 5.41) is 7.02. The lowest BCUT2D eigenvalue weighted by atomic mass is 10.2. The molecule has 4 rings (SSSR count). The highest BCUT2D eigenvalue weighted by Gasteiger charge is 2.25. The molecule has 0 amide bonds. The molecular formula is C24H35IN6O2. The van der Waals surface area contributed by atoms with Gasteiger partial charge in [0.05, 0.1) is 25.5 Å². The summed E-state index contributed by atoms with van der Waals surface area (Å²) in [5.74, 6) is 2.74. The molecule has 8 nitrogen and oxygen atoms in total. The van der Waals surface area contributed by atoms with Crippen LogP contribution in [0.4, 0.5) is 11.5 Å². The lowest BCUT2D eigenvalue weighted by Gasteiger charge is -2.32. The predicted molar refractivity (Wildman–Crippen MR) is 144 cm³/mol. The third-order valence-corrected chi connectivity index (χ3v) is 6.01. The van der Waals surface area contributed by atoms with E-state index in [0.717, 1.165) is 62.4 Å². The van der Waals surface area contributed by atoms with Crippen molar-refractivity contribution < 1.29 is 9.47 Å². The van der Waals surface area contributed by atoms with Gasteiger partial charge in [-0.05, 0) is 43.2 Å². The van der Waals surface area contributed by atoms with Crippen molar-refractivity contribution in [2.45, 2.75) is 32.0 Å². The summed E-state index contributed by atoms with van der Waals surface area (Å²) in [5.41, 5.74) is 2.32. The van der Waals surface area contributed by atoms with Gasteiger partial charge >= 0.3 is 0 Å².